The zero-order chi connectivity index (χ0) is 11.8. The molecule has 0 saturated heterocycles. The molecule has 0 fully saturated rings. The summed E-state index contributed by atoms with van der Waals surface area (Å²) in [6.07, 6.45) is 4.30. The minimum absolute atomic E-state index is 0.239. The summed E-state index contributed by atoms with van der Waals surface area (Å²) < 4.78 is 1.79. The summed E-state index contributed by atoms with van der Waals surface area (Å²) in [6, 6.07) is 7.22. The Morgan fingerprint density at radius 1 is 1.18 bits per heavy atom. The zero-order valence-electron chi connectivity index (χ0n) is 9.56. The van der Waals surface area contributed by atoms with E-state index in [1.165, 1.54) is 6.42 Å². The molecule has 2 aromatic rings. The normalized spacial score (nSPS) is 14.6. The van der Waals surface area contributed by atoms with E-state index in [9.17, 15) is 5.11 Å². The van der Waals surface area contributed by atoms with E-state index in [-0.39, 0.29) is 5.75 Å². The first-order chi connectivity index (χ1) is 8.27. The Kier molecular flexibility index (Phi) is 2.28. The molecule has 0 aliphatic heterocycles. The lowest BCUT2D eigenvalue weighted by molar-refractivity contribution is 0.469. The SMILES string of the molecule is Nc1nn(-c2ccccc2O)c2c1CCCC2. The van der Waals surface area contributed by atoms with Crippen LogP contribution in [0.15, 0.2) is 24.3 Å². The van der Waals surface area contributed by atoms with Crippen molar-refractivity contribution in [3.8, 4) is 11.4 Å². The van der Waals surface area contributed by atoms with Gasteiger partial charge in [0, 0.05) is 11.3 Å². The topological polar surface area (TPSA) is 64.1 Å². The summed E-state index contributed by atoms with van der Waals surface area (Å²) in [6.45, 7) is 0. The van der Waals surface area contributed by atoms with Gasteiger partial charge >= 0.3 is 0 Å². The molecule has 0 radical (unpaired) electrons. The van der Waals surface area contributed by atoms with Gasteiger partial charge in [0.15, 0.2) is 0 Å². The predicted octanol–water partition coefficient (Wildman–Crippen LogP) is 2.04. The molecule has 1 heterocycles. The van der Waals surface area contributed by atoms with Gasteiger partial charge in [-0.3, -0.25) is 0 Å². The fourth-order valence-corrected chi connectivity index (χ4v) is 2.47. The van der Waals surface area contributed by atoms with Crippen molar-refractivity contribution >= 4 is 5.82 Å². The molecule has 0 amide bonds. The van der Waals surface area contributed by atoms with E-state index < -0.39 is 0 Å². The molecule has 3 rings (SSSR count). The van der Waals surface area contributed by atoms with Crippen molar-refractivity contribution in [2.45, 2.75) is 25.7 Å². The van der Waals surface area contributed by atoms with Crippen molar-refractivity contribution in [3.63, 3.8) is 0 Å². The van der Waals surface area contributed by atoms with Gasteiger partial charge in [-0.25, -0.2) is 4.68 Å². The lowest BCUT2D eigenvalue weighted by atomic mass is 9.97. The molecule has 3 N–H and O–H groups in total. The zero-order valence-corrected chi connectivity index (χ0v) is 9.56. The lowest BCUT2D eigenvalue weighted by Gasteiger charge is -2.14. The van der Waals surface area contributed by atoms with Gasteiger partial charge in [-0.1, -0.05) is 12.1 Å². The number of aromatic hydroxyl groups is 1. The predicted molar refractivity (Wildman–Crippen MR) is 66.3 cm³/mol. The number of fused-ring (bicyclic) bond motifs is 1. The summed E-state index contributed by atoms with van der Waals surface area (Å²) in [5, 5.41) is 14.2. The highest BCUT2D eigenvalue weighted by Gasteiger charge is 2.20. The van der Waals surface area contributed by atoms with Gasteiger partial charge in [0.1, 0.15) is 17.3 Å². The summed E-state index contributed by atoms with van der Waals surface area (Å²) >= 11 is 0. The number of phenols is 1. The maximum Gasteiger partial charge on any atom is 0.149 e. The molecule has 0 atom stereocenters. The highest BCUT2D eigenvalue weighted by atomic mass is 16.3. The Morgan fingerprint density at radius 3 is 2.76 bits per heavy atom. The van der Waals surface area contributed by atoms with Crippen molar-refractivity contribution < 1.29 is 5.11 Å². The summed E-state index contributed by atoms with van der Waals surface area (Å²) in [4.78, 5) is 0. The van der Waals surface area contributed by atoms with Crippen molar-refractivity contribution in [1.29, 1.82) is 0 Å². The number of nitrogens with zero attached hydrogens (tertiary/aromatic N) is 2. The molecule has 4 nitrogen and oxygen atoms in total. The van der Waals surface area contributed by atoms with Crippen LogP contribution in [0.4, 0.5) is 5.82 Å². The number of nitrogen functional groups attached to an aromatic ring is 1. The quantitative estimate of drug-likeness (QED) is 0.786. The van der Waals surface area contributed by atoms with Gasteiger partial charge in [-0.2, -0.15) is 5.10 Å². The van der Waals surface area contributed by atoms with E-state index in [2.05, 4.69) is 5.10 Å². The standard InChI is InChI=1S/C13H15N3O/c14-13-9-5-1-2-6-10(9)16(15-13)11-7-3-4-8-12(11)17/h3-4,7-8,17H,1-2,5-6H2,(H2,14,15). The molecule has 0 spiro atoms. The molecular formula is C13H15N3O. The van der Waals surface area contributed by atoms with Crippen molar-refractivity contribution in [3.05, 3.63) is 35.5 Å². The first-order valence-corrected chi connectivity index (χ1v) is 5.92. The number of benzene rings is 1. The van der Waals surface area contributed by atoms with Gasteiger partial charge in [0.05, 0.1) is 0 Å². The number of aromatic nitrogens is 2. The number of anilines is 1. The highest BCUT2D eigenvalue weighted by Crippen LogP contribution is 2.30. The van der Waals surface area contributed by atoms with Crippen LogP contribution in [0.1, 0.15) is 24.1 Å². The van der Waals surface area contributed by atoms with Crippen LogP contribution >= 0.6 is 0 Å². The molecule has 0 bridgehead atoms. The van der Waals surface area contributed by atoms with Crippen molar-refractivity contribution in [2.24, 2.45) is 0 Å². The van der Waals surface area contributed by atoms with Crippen LogP contribution in [0.5, 0.6) is 5.75 Å². The van der Waals surface area contributed by atoms with E-state index >= 15 is 0 Å². The number of phenolic OH excluding ortho intramolecular Hbond substituents is 1. The molecule has 4 heteroatoms. The summed E-state index contributed by atoms with van der Waals surface area (Å²) in [5.41, 5.74) is 8.95. The van der Waals surface area contributed by atoms with Crippen LogP contribution in [-0.2, 0) is 12.8 Å². The minimum atomic E-state index is 0.239. The third-order valence-electron chi connectivity index (χ3n) is 3.32. The Bertz CT molecular complexity index is 560. The number of hydrogen-bond acceptors (Lipinski definition) is 3. The van der Waals surface area contributed by atoms with Crippen LogP contribution in [0.3, 0.4) is 0 Å². The Balaban J connectivity index is 2.19. The third-order valence-corrected chi connectivity index (χ3v) is 3.32. The fraction of sp³-hybridized carbons (Fsp3) is 0.308. The monoisotopic (exact) mass is 229 g/mol. The minimum Gasteiger partial charge on any atom is -0.506 e. The molecule has 0 unspecified atom stereocenters. The van der Waals surface area contributed by atoms with Gasteiger partial charge in [0.2, 0.25) is 0 Å². The van der Waals surface area contributed by atoms with Gasteiger partial charge in [-0.15, -0.1) is 0 Å². The number of para-hydroxylation sites is 2. The fourth-order valence-electron chi connectivity index (χ4n) is 2.47. The number of hydrogen-bond donors (Lipinski definition) is 2. The van der Waals surface area contributed by atoms with Gasteiger partial charge in [-0.05, 0) is 37.8 Å². The van der Waals surface area contributed by atoms with E-state index in [0.29, 0.717) is 11.5 Å². The second-order valence-corrected chi connectivity index (χ2v) is 4.42. The van der Waals surface area contributed by atoms with Crippen molar-refractivity contribution in [2.75, 3.05) is 5.73 Å². The van der Waals surface area contributed by atoms with E-state index in [1.807, 2.05) is 12.1 Å². The molecule has 1 aromatic carbocycles. The second-order valence-electron chi connectivity index (χ2n) is 4.42. The maximum atomic E-state index is 9.87. The molecule has 1 aliphatic carbocycles. The van der Waals surface area contributed by atoms with Crippen LogP contribution in [0.2, 0.25) is 0 Å². The first-order valence-electron chi connectivity index (χ1n) is 5.92. The second kappa shape index (κ2) is 3.80. The average molecular weight is 229 g/mol. The largest absolute Gasteiger partial charge is 0.506 e. The lowest BCUT2D eigenvalue weighted by Crippen LogP contribution is -2.07. The average Bonchev–Trinajstić information content (AvgIpc) is 2.68. The maximum absolute atomic E-state index is 9.87. The van der Waals surface area contributed by atoms with Gasteiger partial charge in [0.25, 0.3) is 0 Å². The summed E-state index contributed by atoms with van der Waals surface area (Å²) in [5.74, 6) is 0.839. The highest BCUT2D eigenvalue weighted by molar-refractivity contribution is 5.52. The number of rotatable bonds is 1. The molecule has 1 aliphatic rings. The molecule has 88 valence electrons. The molecule has 0 saturated carbocycles. The third kappa shape index (κ3) is 1.56. The Morgan fingerprint density at radius 2 is 1.94 bits per heavy atom. The number of nitrogens with two attached hydrogens (primary N) is 1. The Labute approximate surface area is 99.7 Å². The smallest absolute Gasteiger partial charge is 0.149 e. The van der Waals surface area contributed by atoms with E-state index in [0.717, 1.165) is 30.5 Å². The summed E-state index contributed by atoms with van der Waals surface area (Å²) in [7, 11) is 0. The van der Waals surface area contributed by atoms with Crippen LogP contribution < -0.4 is 5.73 Å². The van der Waals surface area contributed by atoms with Gasteiger partial charge < -0.3 is 10.8 Å². The Hall–Kier alpha value is -1.97. The van der Waals surface area contributed by atoms with Crippen molar-refractivity contribution in [1.82, 2.24) is 9.78 Å². The van der Waals surface area contributed by atoms with Crippen LogP contribution in [0, 0.1) is 0 Å². The van der Waals surface area contributed by atoms with Crippen LogP contribution in [0.25, 0.3) is 5.69 Å². The first kappa shape index (κ1) is 10.2. The molecule has 17 heavy (non-hydrogen) atoms. The van der Waals surface area contributed by atoms with E-state index in [1.54, 1.807) is 16.8 Å². The molecular weight excluding hydrogens is 214 g/mol. The molecule has 1 aromatic heterocycles. The van der Waals surface area contributed by atoms with E-state index in [4.69, 9.17) is 5.73 Å². The van der Waals surface area contributed by atoms with Crippen LogP contribution in [-0.4, -0.2) is 14.9 Å².